The van der Waals surface area contributed by atoms with Gasteiger partial charge in [0.2, 0.25) is 0 Å². The molecule has 0 saturated carbocycles. The summed E-state index contributed by atoms with van der Waals surface area (Å²) in [6, 6.07) is 6.74. The van der Waals surface area contributed by atoms with Gasteiger partial charge in [-0.1, -0.05) is 32.9 Å². The Morgan fingerprint density at radius 3 is 2.88 bits per heavy atom. The minimum Gasteiger partial charge on any atom is -0.384 e. The van der Waals surface area contributed by atoms with Crippen molar-refractivity contribution in [3.63, 3.8) is 0 Å². The summed E-state index contributed by atoms with van der Waals surface area (Å²) in [5, 5.41) is 6.90. The van der Waals surface area contributed by atoms with E-state index in [1.54, 1.807) is 0 Å². The van der Waals surface area contributed by atoms with Crippen LogP contribution < -0.4 is 10.6 Å². The van der Waals surface area contributed by atoms with Crippen molar-refractivity contribution in [3.8, 4) is 0 Å². The fraction of sp³-hybridized carbons (Fsp3) is 0.571. The van der Waals surface area contributed by atoms with Crippen molar-refractivity contribution in [2.24, 2.45) is 5.41 Å². The molecule has 1 aliphatic rings. The van der Waals surface area contributed by atoms with Crippen LogP contribution in [0.1, 0.15) is 31.9 Å². The van der Waals surface area contributed by atoms with Crippen LogP contribution in [-0.4, -0.2) is 13.1 Å². The third-order valence-electron chi connectivity index (χ3n) is 2.86. The number of benzene rings is 1. The molecule has 0 amide bonds. The van der Waals surface area contributed by atoms with E-state index in [-0.39, 0.29) is 0 Å². The first-order valence-electron chi connectivity index (χ1n) is 6.11. The lowest BCUT2D eigenvalue weighted by Gasteiger charge is -2.18. The molecule has 1 aromatic carbocycles. The highest BCUT2D eigenvalue weighted by molar-refractivity contribution is 5.56. The van der Waals surface area contributed by atoms with Gasteiger partial charge in [0.25, 0.3) is 0 Å². The summed E-state index contributed by atoms with van der Waals surface area (Å²) in [5.74, 6) is 0. The molecule has 0 radical (unpaired) electrons. The summed E-state index contributed by atoms with van der Waals surface area (Å²) in [7, 11) is 0. The molecule has 2 rings (SSSR count). The molecule has 0 aliphatic carbocycles. The second-order valence-corrected chi connectivity index (χ2v) is 5.83. The predicted molar refractivity (Wildman–Crippen MR) is 69.8 cm³/mol. The topological polar surface area (TPSA) is 24.1 Å². The van der Waals surface area contributed by atoms with Crippen molar-refractivity contribution < 1.29 is 0 Å². The number of anilines is 1. The maximum Gasteiger partial charge on any atom is 0.0373 e. The molecular weight excluding hydrogens is 196 g/mol. The first-order chi connectivity index (χ1) is 7.54. The van der Waals surface area contributed by atoms with Gasteiger partial charge in [0.15, 0.2) is 0 Å². The highest BCUT2D eigenvalue weighted by Crippen LogP contribution is 2.23. The standard InChI is InChI=1S/C14H22N2/c1-14(2,3)10-15-9-11-4-5-13-12(8-11)6-7-16-13/h4-5,8,15-16H,6-7,9-10H2,1-3H3. The van der Waals surface area contributed by atoms with Crippen LogP contribution in [0.5, 0.6) is 0 Å². The fourth-order valence-corrected chi connectivity index (χ4v) is 2.05. The normalized spacial score (nSPS) is 14.7. The van der Waals surface area contributed by atoms with E-state index in [2.05, 4.69) is 49.6 Å². The lowest BCUT2D eigenvalue weighted by molar-refractivity contribution is 0.379. The quantitative estimate of drug-likeness (QED) is 0.815. The van der Waals surface area contributed by atoms with Gasteiger partial charge >= 0.3 is 0 Å². The van der Waals surface area contributed by atoms with E-state index in [0.29, 0.717) is 5.41 Å². The van der Waals surface area contributed by atoms with E-state index in [0.717, 1.165) is 19.6 Å². The lowest BCUT2D eigenvalue weighted by Crippen LogP contribution is -2.26. The Labute approximate surface area is 98.4 Å². The Bertz CT molecular complexity index is 363. The van der Waals surface area contributed by atoms with Crippen molar-refractivity contribution >= 4 is 5.69 Å². The molecule has 0 fully saturated rings. The van der Waals surface area contributed by atoms with E-state index >= 15 is 0 Å². The van der Waals surface area contributed by atoms with Crippen LogP contribution >= 0.6 is 0 Å². The zero-order valence-electron chi connectivity index (χ0n) is 10.6. The van der Waals surface area contributed by atoms with Crippen LogP contribution in [0.4, 0.5) is 5.69 Å². The van der Waals surface area contributed by atoms with Gasteiger partial charge in [0.05, 0.1) is 0 Å². The van der Waals surface area contributed by atoms with Crippen LogP contribution in [0.3, 0.4) is 0 Å². The molecule has 0 saturated heterocycles. The Hall–Kier alpha value is -1.02. The van der Waals surface area contributed by atoms with Gasteiger partial charge in [-0.05, 0) is 29.0 Å². The minimum absolute atomic E-state index is 0.359. The molecule has 1 heterocycles. The van der Waals surface area contributed by atoms with Gasteiger partial charge in [-0.15, -0.1) is 0 Å². The molecule has 0 atom stereocenters. The Kier molecular flexibility index (Phi) is 3.20. The highest BCUT2D eigenvalue weighted by Gasteiger charge is 2.11. The first-order valence-corrected chi connectivity index (χ1v) is 6.11. The molecule has 88 valence electrons. The zero-order valence-corrected chi connectivity index (χ0v) is 10.6. The second kappa shape index (κ2) is 4.46. The summed E-state index contributed by atoms with van der Waals surface area (Å²) in [5.41, 5.74) is 4.54. The van der Waals surface area contributed by atoms with Crippen LogP contribution in [0.2, 0.25) is 0 Å². The van der Waals surface area contributed by atoms with Gasteiger partial charge in [-0.2, -0.15) is 0 Å². The van der Waals surface area contributed by atoms with Gasteiger partial charge < -0.3 is 10.6 Å². The summed E-state index contributed by atoms with van der Waals surface area (Å²) in [6.45, 7) is 9.90. The third kappa shape index (κ3) is 2.99. The van der Waals surface area contributed by atoms with Crippen LogP contribution in [-0.2, 0) is 13.0 Å². The smallest absolute Gasteiger partial charge is 0.0373 e. The monoisotopic (exact) mass is 218 g/mol. The van der Waals surface area contributed by atoms with Crippen LogP contribution in [0, 0.1) is 5.41 Å². The lowest BCUT2D eigenvalue weighted by atomic mass is 9.97. The SMILES string of the molecule is CC(C)(C)CNCc1ccc2c(c1)CCN2. The molecule has 1 aromatic rings. The molecule has 16 heavy (non-hydrogen) atoms. The van der Waals surface area contributed by atoms with Crippen molar-refractivity contribution in [1.29, 1.82) is 0 Å². The largest absolute Gasteiger partial charge is 0.384 e. The van der Waals surface area contributed by atoms with Crippen molar-refractivity contribution in [3.05, 3.63) is 29.3 Å². The highest BCUT2D eigenvalue weighted by atomic mass is 14.9. The maximum atomic E-state index is 3.51. The summed E-state index contributed by atoms with van der Waals surface area (Å²) in [6.07, 6.45) is 1.17. The predicted octanol–water partition coefficient (Wildman–Crippen LogP) is 2.79. The van der Waals surface area contributed by atoms with E-state index in [4.69, 9.17) is 0 Å². The third-order valence-corrected chi connectivity index (χ3v) is 2.86. The average Bonchev–Trinajstić information content (AvgIpc) is 2.62. The Morgan fingerprint density at radius 2 is 2.12 bits per heavy atom. The molecule has 2 N–H and O–H groups in total. The molecule has 0 aromatic heterocycles. The molecule has 0 bridgehead atoms. The van der Waals surface area contributed by atoms with Crippen molar-refractivity contribution in [2.45, 2.75) is 33.7 Å². The molecule has 1 aliphatic heterocycles. The molecule has 0 spiro atoms. The summed E-state index contributed by atoms with van der Waals surface area (Å²) >= 11 is 0. The van der Waals surface area contributed by atoms with E-state index < -0.39 is 0 Å². The van der Waals surface area contributed by atoms with E-state index in [9.17, 15) is 0 Å². The first kappa shape index (κ1) is 11.5. The Morgan fingerprint density at radius 1 is 1.31 bits per heavy atom. The van der Waals surface area contributed by atoms with Crippen LogP contribution in [0.25, 0.3) is 0 Å². The Balaban J connectivity index is 1.91. The average molecular weight is 218 g/mol. The van der Waals surface area contributed by atoms with Crippen LogP contribution in [0.15, 0.2) is 18.2 Å². The van der Waals surface area contributed by atoms with Gasteiger partial charge in [-0.3, -0.25) is 0 Å². The summed E-state index contributed by atoms with van der Waals surface area (Å²) in [4.78, 5) is 0. The van der Waals surface area contributed by atoms with E-state index in [1.165, 1.54) is 23.2 Å². The number of nitrogens with one attached hydrogen (secondary N) is 2. The molecule has 2 heteroatoms. The van der Waals surface area contributed by atoms with Gasteiger partial charge in [0, 0.05) is 25.3 Å². The van der Waals surface area contributed by atoms with E-state index in [1.807, 2.05) is 0 Å². The number of rotatable bonds is 3. The van der Waals surface area contributed by atoms with Gasteiger partial charge in [-0.25, -0.2) is 0 Å². The number of hydrogen-bond acceptors (Lipinski definition) is 2. The van der Waals surface area contributed by atoms with Gasteiger partial charge in [0.1, 0.15) is 0 Å². The van der Waals surface area contributed by atoms with Crippen molar-refractivity contribution in [1.82, 2.24) is 5.32 Å². The summed E-state index contributed by atoms with van der Waals surface area (Å²) < 4.78 is 0. The molecule has 2 nitrogen and oxygen atoms in total. The van der Waals surface area contributed by atoms with Crippen molar-refractivity contribution in [2.75, 3.05) is 18.4 Å². The zero-order chi connectivity index (χ0) is 11.6. The number of fused-ring (bicyclic) bond motifs is 1. The fourth-order valence-electron chi connectivity index (χ4n) is 2.05. The second-order valence-electron chi connectivity index (χ2n) is 5.83. The minimum atomic E-state index is 0.359. The molecular formula is C14H22N2. The maximum absolute atomic E-state index is 3.51. The molecule has 0 unspecified atom stereocenters. The number of hydrogen-bond donors (Lipinski definition) is 2.